The summed E-state index contributed by atoms with van der Waals surface area (Å²) in [5.41, 5.74) is -3.32. The first-order chi connectivity index (χ1) is 11.9. The Hall–Kier alpha value is -2.24. The molecular weight excluding hydrogens is 384 g/mol. The molecule has 0 saturated heterocycles. The lowest BCUT2D eigenvalue weighted by Crippen LogP contribution is -2.13. The van der Waals surface area contributed by atoms with E-state index < -0.39 is 29.2 Å². The number of aromatic nitrogens is 3. The Labute approximate surface area is 148 Å². The van der Waals surface area contributed by atoms with Crippen molar-refractivity contribution in [2.75, 3.05) is 20.4 Å². The Kier molecular flexibility index (Phi) is 5.54. The minimum absolute atomic E-state index is 0.0542. The van der Waals surface area contributed by atoms with Crippen molar-refractivity contribution in [3.63, 3.8) is 0 Å². The van der Waals surface area contributed by atoms with E-state index >= 15 is 0 Å². The summed E-state index contributed by atoms with van der Waals surface area (Å²) in [6, 6.07) is 1.20. The van der Waals surface area contributed by atoms with Crippen molar-refractivity contribution in [3.05, 3.63) is 29.3 Å². The smallest absolute Gasteiger partial charge is 0.369 e. The van der Waals surface area contributed by atoms with Crippen LogP contribution in [0.25, 0.3) is 5.69 Å². The molecule has 0 saturated carbocycles. The zero-order valence-electron chi connectivity index (χ0n) is 13.7. The van der Waals surface area contributed by atoms with Gasteiger partial charge in [0.1, 0.15) is 0 Å². The molecule has 0 aliphatic heterocycles. The highest BCUT2D eigenvalue weighted by Crippen LogP contribution is 2.37. The van der Waals surface area contributed by atoms with E-state index in [4.69, 9.17) is 0 Å². The van der Waals surface area contributed by atoms with Crippen LogP contribution in [-0.2, 0) is 12.4 Å². The maximum atomic E-state index is 13.0. The summed E-state index contributed by atoms with van der Waals surface area (Å²) < 4.78 is 79.0. The molecular formula is C14H13F6N5S. The lowest BCUT2D eigenvalue weighted by atomic mass is 10.1. The number of aliphatic imine (C=N–C) groups is 1. The van der Waals surface area contributed by atoms with Gasteiger partial charge in [0.25, 0.3) is 5.95 Å². The normalized spacial score (nSPS) is 12.8. The number of alkyl halides is 6. The van der Waals surface area contributed by atoms with Gasteiger partial charge in [0.15, 0.2) is 0 Å². The molecule has 2 aromatic rings. The zero-order chi connectivity index (χ0) is 19.7. The van der Waals surface area contributed by atoms with Crippen LogP contribution in [0.15, 0.2) is 28.3 Å². The molecule has 12 heteroatoms. The summed E-state index contributed by atoms with van der Waals surface area (Å²) in [6.07, 6.45) is -6.98. The number of hydrogen-bond donors (Lipinski definition) is 0. The second-order valence-corrected chi connectivity index (χ2v) is 6.06. The number of benzene rings is 1. The maximum absolute atomic E-state index is 13.0. The van der Waals surface area contributed by atoms with Crippen LogP contribution < -0.4 is 0 Å². The summed E-state index contributed by atoms with van der Waals surface area (Å²) in [5, 5.41) is 4.08. The summed E-state index contributed by atoms with van der Waals surface area (Å²) in [4.78, 5) is 9.47. The highest BCUT2D eigenvalue weighted by molar-refractivity contribution is 7.98. The third-order valence-corrected chi connectivity index (χ3v) is 3.51. The molecule has 2 rings (SSSR count). The van der Waals surface area contributed by atoms with E-state index in [-0.39, 0.29) is 17.2 Å². The molecule has 0 amide bonds. The van der Waals surface area contributed by atoms with Gasteiger partial charge in [-0.3, -0.25) is 0 Å². The Morgan fingerprint density at radius 2 is 1.58 bits per heavy atom. The van der Waals surface area contributed by atoms with E-state index in [1.165, 1.54) is 11.2 Å². The fraction of sp³-hybridized carbons (Fsp3) is 0.357. The van der Waals surface area contributed by atoms with Crippen molar-refractivity contribution in [2.24, 2.45) is 4.99 Å². The molecule has 0 fully saturated rings. The summed E-state index contributed by atoms with van der Waals surface area (Å²) in [6.45, 7) is 0. The van der Waals surface area contributed by atoms with Crippen LogP contribution in [0.4, 0.5) is 32.3 Å². The summed E-state index contributed by atoms with van der Waals surface area (Å²) >= 11 is 1.08. The molecule has 1 aromatic carbocycles. The first-order valence-corrected chi connectivity index (χ1v) is 8.16. The van der Waals surface area contributed by atoms with Gasteiger partial charge in [-0.25, -0.2) is 4.99 Å². The topological polar surface area (TPSA) is 46.3 Å². The van der Waals surface area contributed by atoms with Gasteiger partial charge in [-0.2, -0.15) is 36.0 Å². The number of hydrogen-bond acceptors (Lipinski definition) is 4. The van der Waals surface area contributed by atoms with Crippen LogP contribution in [0.1, 0.15) is 11.1 Å². The van der Waals surface area contributed by atoms with E-state index in [1.807, 2.05) is 0 Å². The van der Waals surface area contributed by atoms with E-state index in [2.05, 4.69) is 15.1 Å². The van der Waals surface area contributed by atoms with Gasteiger partial charge < -0.3 is 4.90 Å². The van der Waals surface area contributed by atoms with E-state index in [9.17, 15) is 26.3 Å². The average Bonchev–Trinajstić information content (AvgIpc) is 2.94. The largest absolute Gasteiger partial charge is 0.416 e. The van der Waals surface area contributed by atoms with Crippen molar-refractivity contribution in [3.8, 4) is 5.69 Å². The Morgan fingerprint density at radius 1 is 1.04 bits per heavy atom. The molecule has 0 N–H and O–H groups in total. The standard InChI is InChI=1S/C14H13F6N5S/c1-24(2)7-21-11-22-12(26-3)23-25(11)10-5-8(13(15,16)17)4-9(6-10)14(18,19)20/h4-7H,1-3H3/b21-7-. The molecule has 0 unspecified atom stereocenters. The quantitative estimate of drug-likeness (QED) is 0.335. The number of halogens is 6. The molecule has 26 heavy (non-hydrogen) atoms. The van der Waals surface area contributed by atoms with Crippen LogP contribution in [-0.4, -0.2) is 46.4 Å². The van der Waals surface area contributed by atoms with Crippen molar-refractivity contribution in [1.29, 1.82) is 0 Å². The van der Waals surface area contributed by atoms with Crippen molar-refractivity contribution < 1.29 is 26.3 Å². The monoisotopic (exact) mass is 397 g/mol. The second-order valence-electron chi connectivity index (χ2n) is 5.28. The first-order valence-electron chi connectivity index (χ1n) is 6.93. The molecule has 5 nitrogen and oxygen atoms in total. The Morgan fingerprint density at radius 3 is 2.00 bits per heavy atom. The van der Waals surface area contributed by atoms with Crippen molar-refractivity contribution >= 4 is 24.0 Å². The second kappa shape index (κ2) is 7.17. The first kappa shape index (κ1) is 20.1. The SMILES string of the molecule is CSc1nc(/N=C\N(C)C)n(-c2cc(C(F)(F)F)cc(C(F)(F)F)c2)n1. The highest BCUT2D eigenvalue weighted by Gasteiger charge is 2.37. The molecule has 0 spiro atoms. The van der Waals surface area contributed by atoms with Crippen LogP contribution >= 0.6 is 11.8 Å². The van der Waals surface area contributed by atoms with Crippen LogP contribution in [0.2, 0.25) is 0 Å². The molecule has 0 bridgehead atoms. The van der Waals surface area contributed by atoms with Crippen LogP contribution in [0, 0.1) is 0 Å². The fourth-order valence-corrected chi connectivity index (χ4v) is 2.19. The molecule has 0 aliphatic carbocycles. The van der Waals surface area contributed by atoms with E-state index in [0.717, 1.165) is 16.4 Å². The third-order valence-electron chi connectivity index (χ3n) is 2.97. The zero-order valence-corrected chi connectivity index (χ0v) is 14.5. The third kappa shape index (κ3) is 4.68. The maximum Gasteiger partial charge on any atom is 0.416 e. The fourth-order valence-electron chi connectivity index (χ4n) is 1.86. The van der Waals surface area contributed by atoms with Gasteiger partial charge >= 0.3 is 12.4 Å². The Bertz CT molecular complexity index is 777. The number of nitrogens with zero attached hydrogens (tertiary/aromatic N) is 5. The summed E-state index contributed by atoms with van der Waals surface area (Å²) in [5.74, 6) is -0.143. The van der Waals surface area contributed by atoms with Crippen molar-refractivity contribution in [2.45, 2.75) is 17.5 Å². The minimum atomic E-state index is -4.95. The predicted octanol–water partition coefficient (Wildman–Crippen LogP) is 4.25. The average molecular weight is 397 g/mol. The van der Waals surface area contributed by atoms with Gasteiger partial charge in [0.05, 0.1) is 23.2 Å². The lowest BCUT2D eigenvalue weighted by molar-refractivity contribution is -0.143. The minimum Gasteiger partial charge on any atom is -0.369 e. The number of thioether (sulfide) groups is 1. The Balaban J connectivity index is 2.69. The highest BCUT2D eigenvalue weighted by atomic mass is 32.2. The van der Waals surface area contributed by atoms with Crippen LogP contribution in [0.5, 0.6) is 0 Å². The van der Waals surface area contributed by atoms with Crippen LogP contribution in [0.3, 0.4) is 0 Å². The molecule has 1 aromatic heterocycles. The molecule has 0 atom stereocenters. The van der Waals surface area contributed by atoms with E-state index in [1.54, 1.807) is 20.4 Å². The van der Waals surface area contributed by atoms with E-state index in [0.29, 0.717) is 12.1 Å². The van der Waals surface area contributed by atoms with Gasteiger partial charge in [-0.1, -0.05) is 11.8 Å². The van der Waals surface area contributed by atoms with Gasteiger partial charge in [-0.15, -0.1) is 5.10 Å². The van der Waals surface area contributed by atoms with Gasteiger partial charge in [0.2, 0.25) is 5.16 Å². The summed E-state index contributed by atoms with van der Waals surface area (Å²) in [7, 11) is 3.29. The van der Waals surface area contributed by atoms with Gasteiger partial charge in [0, 0.05) is 14.1 Å². The van der Waals surface area contributed by atoms with Gasteiger partial charge in [-0.05, 0) is 24.5 Å². The predicted molar refractivity (Wildman–Crippen MR) is 85.0 cm³/mol. The lowest BCUT2D eigenvalue weighted by Gasteiger charge is -2.14. The van der Waals surface area contributed by atoms with Crippen molar-refractivity contribution in [1.82, 2.24) is 19.7 Å². The molecule has 1 heterocycles. The molecule has 0 radical (unpaired) electrons. The molecule has 142 valence electrons. The number of rotatable bonds is 4. The molecule has 0 aliphatic rings.